The Morgan fingerprint density at radius 2 is 2.24 bits per heavy atom. The molecule has 1 aliphatic heterocycles. The van der Waals surface area contributed by atoms with Crippen molar-refractivity contribution in [2.24, 2.45) is 5.92 Å². The van der Waals surface area contributed by atoms with E-state index in [0.717, 1.165) is 13.0 Å². The van der Waals surface area contributed by atoms with Crippen LogP contribution >= 0.6 is 0 Å². The van der Waals surface area contributed by atoms with Gasteiger partial charge in [0.05, 0.1) is 5.92 Å². The Hall–Kier alpha value is -2.11. The largest absolute Gasteiger partial charge is 0.361 e. The van der Waals surface area contributed by atoms with Gasteiger partial charge in [-0.05, 0) is 43.0 Å². The number of nitrogens with zero attached hydrogens (tertiary/aromatic N) is 1. The lowest BCUT2D eigenvalue weighted by atomic mass is 9.80. The van der Waals surface area contributed by atoms with Crippen LogP contribution in [0.4, 0.5) is 0 Å². The van der Waals surface area contributed by atoms with Gasteiger partial charge in [-0.3, -0.25) is 9.80 Å². The van der Waals surface area contributed by atoms with Crippen LogP contribution in [-0.4, -0.2) is 41.1 Å². The SMILES string of the molecule is CCNN(C(=O)C1C=C2c3cccc4[nH]cc(c34)CC2NC1)C(C)C. The quantitative estimate of drug-likeness (QED) is 0.751. The van der Waals surface area contributed by atoms with Crippen molar-refractivity contribution in [1.29, 1.82) is 0 Å². The van der Waals surface area contributed by atoms with E-state index in [0.29, 0.717) is 12.6 Å². The smallest absolute Gasteiger partial charge is 0.245 e. The molecule has 0 radical (unpaired) electrons. The third-order valence-corrected chi connectivity index (χ3v) is 5.26. The van der Waals surface area contributed by atoms with Gasteiger partial charge in [-0.25, -0.2) is 5.43 Å². The van der Waals surface area contributed by atoms with E-state index in [2.05, 4.69) is 46.2 Å². The summed E-state index contributed by atoms with van der Waals surface area (Å²) in [5.74, 6) is 0.00536. The van der Waals surface area contributed by atoms with Crippen molar-refractivity contribution in [2.45, 2.75) is 39.3 Å². The Labute approximate surface area is 148 Å². The summed E-state index contributed by atoms with van der Waals surface area (Å²) in [6, 6.07) is 6.81. The predicted octanol–water partition coefficient (Wildman–Crippen LogP) is 2.46. The summed E-state index contributed by atoms with van der Waals surface area (Å²) in [5, 5.41) is 6.69. The number of amides is 1. The van der Waals surface area contributed by atoms with Crippen molar-refractivity contribution in [3.8, 4) is 0 Å². The number of hydrogen-bond donors (Lipinski definition) is 3. The van der Waals surface area contributed by atoms with Crippen LogP contribution in [0.1, 0.15) is 31.9 Å². The Balaban J connectivity index is 1.71. The number of hydrazine groups is 1. The molecule has 3 N–H and O–H groups in total. The van der Waals surface area contributed by atoms with Crippen LogP contribution in [0, 0.1) is 5.92 Å². The molecule has 5 nitrogen and oxygen atoms in total. The molecule has 25 heavy (non-hydrogen) atoms. The number of nitrogens with one attached hydrogen (secondary N) is 3. The van der Waals surface area contributed by atoms with Gasteiger partial charge in [0, 0.05) is 42.3 Å². The number of fused-ring (bicyclic) bond motifs is 2. The maximum atomic E-state index is 13.0. The summed E-state index contributed by atoms with van der Waals surface area (Å²) in [6.07, 6.45) is 5.29. The van der Waals surface area contributed by atoms with Crippen LogP contribution in [0.3, 0.4) is 0 Å². The summed E-state index contributed by atoms with van der Waals surface area (Å²) >= 11 is 0. The van der Waals surface area contributed by atoms with Crippen molar-refractivity contribution in [1.82, 2.24) is 20.7 Å². The summed E-state index contributed by atoms with van der Waals surface area (Å²) in [6.45, 7) is 7.54. The molecule has 0 fully saturated rings. The van der Waals surface area contributed by atoms with Crippen LogP contribution in [0.25, 0.3) is 16.5 Å². The molecule has 0 spiro atoms. The average molecular weight is 338 g/mol. The number of hydrogen-bond acceptors (Lipinski definition) is 3. The first-order valence-corrected chi connectivity index (χ1v) is 9.21. The van der Waals surface area contributed by atoms with Gasteiger partial charge in [-0.15, -0.1) is 0 Å². The highest BCUT2D eigenvalue weighted by atomic mass is 16.2. The van der Waals surface area contributed by atoms with E-state index in [4.69, 9.17) is 0 Å². The zero-order valence-electron chi connectivity index (χ0n) is 15.1. The van der Waals surface area contributed by atoms with E-state index in [-0.39, 0.29) is 17.9 Å². The van der Waals surface area contributed by atoms with Gasteiger partial charge < -0.3 is 10.3 Å². The topological polar surface area (TPSA) is 60.2 Å². The van der Waals surface area contributed by atoms with E-state index < -0.39 is 0 Å². The van der Waals surface area contributed by atoms with Gasteiger partial charge >= 0.3 is 0 Å². The van der Waals surface area contributed by atoms with E-state index >= 15 is 0 Å². The molecule has 5 heteroatoms. The van der Waals surface area contributed by atoms with Gasteiger partial charge in [0.15, 0.2) is 0 Å². The number of carbonyl (C=O) groups is 1. The summed E-state index contributed by atoms with van der Waals surface area (Å²) in [5.41, 5.74) is 8.27. The fourth-order valence-corrected chi connectivity index (χ4v) is 4.13. The van der Waals surface area contributed by atoms with Crippen molar-refractivity contribution in [3.05, 3.63) is 41.6 Å². The first kappa shape index (κ1) is 16.4. The van der Waals surface area contributed by atoms with Gasteiger partial charge in [0.2, 0.25) is 5.91 Å². The third-order valence-electron chi connectivity index (χ3n) is 5.26. The monoisotopic (exact) mass is 338 g/mol. The highest BCUT2D eigenvalue weighted by Gasteiger charge is 2.34. The second kappa shape index (κ2) is 6.32. The van der Waals surface area contributed by atoms with Crippen molar-refractivity contribution >= 4 is 22.4 Å². The Morgan fingerprint density at radius 1 is 1.40 bits per heavy atom. The molecule has 2 atom stereocenters. The summed E-state index contributed by atoms with van der Waals surface area (Å²) in [7, 11) is 0. The molecule has 1 amide bonds. The third kappa shape index (κ3) is 2.68. The Kier molecular flexibility index (Phi) is 4.13. The number of benzene rings is 1. The Bertz CT molecular complexity index is 835. The lowest BCUT2D eigenvalue weighted by Crippen LogP contribution is -2.53. The first-order chi connectivity index (χ1) is 12.1. The average Bonchev–Trinajstić information content (AvgIpc) is 3.03. The predicted molar refractivity (Wildman–Crippen MR) is 101 cm³/mol. The van der Waals surface area contributed by atoms with E-state index in [1.807, 2.05) is 20.8 Å². The standard InChI is InChI=1S/C20H26N4O/c1-4-23-24(12(2)3)20(25)14-8-16-15-6-5-7-17-19(15)13(10-21-17)9-18(16)22-11-14/h5-8,10,12,14,18,21-23H,4,9,11H2,1-3H3. The minimum Gasteiger partial charge on any atom is -0.361 e. The molecule has 0 saturated carbocycles. The van der Waals surface area contributed by atoms with Crippen LogP contribution in [0.5, 0.6) is 0 Å². The zero-order chi connectivity index (χ0) is 17.6. The maximum absolute atomic E-state index is 13.0. The molecule has 132 valence electrons. The van der Waals surface area contributed by atoms with Gasteiger partial charge in [-0.2, -0.15) is 0 Å². The fraction of sp³-hybridized carbons (Fsp3) is 0.450. The Morgan fingerprint density at radius 3 is 3.00 bits per heavy atom. The first-order valence-electron chi connectivity index (χ1n) is 9.21. The van der Waals surface area contributed by atoms with E-state index in [1.165, 1.54) is 27.6 Å². The second-order valence-corrected chi connectivity index (χ2v) is 7.25. The molecule has 2 aromatic rings. The molecule has 4 rings (SSSR count). The lowest BCUT2D eigenvalue weighted by Gasteiger charge is -2.36. The molecule has 2 unspecified atom stereocenters. The number of aromatic amines is 1. The molecule has 2 heterocycles. The molecular weight excluding hydrogens is 312 g/mol. The summed E-state index contributed by atoms with van der Waals surface area (Å²) in [4.78, 5) is 16.4. The fourth-order valence-electron chi connectivity index (χ4n) is 4.13. The molecule has 1 aromatic heterocycles. The minimum absolute atomic E-state index is 0.134. The minimum atomic E-state index is -0.136. The number of carbonyl (C=O) groups excluding carboxylic acids is 1. The molecule has 1 aromatic carbocycles. The van der Waals surface area contributed by atoms with Crippen LogP contribution in [-0.2, 0) is 11.2 Å². The maximum Gasteiger partial charge on any atom is 0.245 e. The van der Waals surface area contributed by atoms with Gasteiger partial charge in [0.1, 0.15) is 0 Å². The van der Waals surface area contributed by atoms with Crippen molar-refractivity contribution < 1.29 is 4.79 Å². The number of aromatic nitrogens is 1. The van der Waals surface area contributed by atoms with E-state index in [1.54, 1.807) is 5.01 Å². The highest BCUT2D eigenvalue weighted by molar-refractivity contribution is 5.99. The van der Waals surface area contributed by atoms with Crippen LogP contribution in [0.2, 0.25) is 0 Å². The number of rotatable bonds is 4. The number of H-pyrrole nitrogens is 1. The molecule has 1 aliphatic carbocycles. The van der Waals surface area contributed by atoms with Crippen molar-refractivity contribution in [3.63, 3.8) is 0 Å². The molecule has 2 aliphatic rings. The molecular formula is C20H26N4O. The van der Waals surface area contributed by atoms with Gasteiger partial charge in [-0.1, -0.05) is 25.1 Å². The van der Waals surface area contributed by atoms with Crippen molar-refractivity contribution in [2.75, 3.05) is 13.1 Å². The zero-order valence-corrected chi connectivity index (χ0v) is 15.1. The highest BCUT2D eigenvalue weighted by Crippen LogP contribution is 2.38. The van der Waals surface area contributed by atoms with E-state index in [9.17, 15) is 4.79 Å². The second-order valence-electron chi connectivity index (χ2n) is 7.25. The van der Waals surface area contributed by atoms with Crippen LogP contribution < -0.4 is 10.7 Å². The summed E-state index contributed by atoms with van der Waals surface area (Å²) < 4.78 is 0. The van der Waals surface area contributed by atoms with Crippen LogP contribution in [0.15, 0.2) is 30.5 Å². The van der Waals surface area contributed by atoms with Gasteiger partial charge in [0.25, 0.3) is 0 Å². The normalized spacial score (nSPS) is 22.0. The molecule has 0 saturated heterocycles. The molecule has 0 bridgehead atoms. The lowest BCUT2D eigenvalue weighted by molar-refractivity contribution is -0.139.